The van der Waals surface area contributed by atoms with Gasteiger partial charge in [-0.25, -0.2) is 0 Å². The Morgan fingerprint density at radius 1 is 1.21 bits per heavy atom. The van der Waals surface area contributed by atoms with Gasteiger partial charge in [-0.05, 0) is 51.9 Å². The summed E-state index contributed by atoms with van der Waals surface area (Å²) in [6.45, 7) is 11.0. The van der Waals surface area contributed by atoms with Gasteiger partial charge >= 0.3 is 0 Å². The van der Waals surface area contributed by atoms with Gasteiger partial charge in [0.15, 0.2) is 0 Å². The van der Waals surface area contributed by atoms with Gasteiger partial charge in [0.25, 0.3) is 0 Å². The van der Waals surface area contributed by atoms with Crippen molar-refractivity contribution in [1.82, 2.24) is 15.1 Å². The number of nitrogens with zero attached hydrogens (tertiary/aromatic N) is 2. The topological polar surface area (TPSA) is 18.5 Å². The fourth-order valence-corrected chi connectivity index (χ4v) is 3.53. The molecule has 19 heavy (non-hydrogen) atoms. The van der Waals surface area contributed by atoms with Crippen molar-refractivity contribution in [2.75, 3.05) is 39.8 Å². The average Bonchev–Trinajstić information content (AvgIpc) is 2.66. The third kappa shape index (κ3) is 4.44. The molecular weight excluding hydrogens is 234 g/mol. The molecule has 0 saturated carbocycles. The van der Waals surface area contributed by atoms with Gasteiger partial charge in [0.2, 0.25) is 0 Å². The van der Waals surface area contributed by atoms with Crippen LogP contribution in [0.5, 0.6) is 0 Å². The van der Waals surface area contributed by atoms with Crippen LogP contribution in [0.4, 0.5) is 0 Å². The number of rotatable bonds is 4. The summed E-state index contributed by atoms with van der Waals surface area (Å²) in [5.41, 5.74) is 0. The Bertz CT molecular complexity index is 256. The Hall–Kier alpha value is -0.120. The number of hydrogen-bond donors (Lipinski definition) is 1. The van der Waals surface area contributed by atoms with Crippen LogP contribution in [-0.4, -0.2) is 61.7 Å². The molecular formula is C16H33N3. The van der Waals surface area contributed by atoms with E-state index in [1.165, 1.54) is 64.8 Å². The largest absolute Gasteiger partial charge is 0.312 e. The van der Waals surface area contributed by atoms with E-state index in [0.717, 1.165) is 12.0 Å². The first kappa shape index (κ1) is 15.3. The van der Waals surface area contributed by atoms with Crippen LogP contribution >= 0.6 is 0 Å². The van der Waals surface area contributed by atoms with Crippen LogP contribution in [0.2, 0.25) is 0 Å². The van der Waals surface area contributed by atoms with E-state index >= 15 is 0 Å². The van der Waals surface area contributed by atoms with E-state index < -0.39 is 0 Å². The third-order valence-electron chi connectivity index (χ3n) is 5.23. The second-order valence-electron chi connectivity index (χ2n) is 6.69. The Kier molecular flexibility index (Phi) is 6.11. The van der Waals surface area contributed by atoms with Gasteiger partial charge in [0, 0.05) is 25.2 Å². The molecule has 0 radical (unpaired) electrons. The van der Waals surface area contributed by atoms with Gasteiger partial charge in [0.1, 0.15) is 0 Å². The van der Waals surface area contributed by atoms with E-state index in [9.17, 15) is 0 Å². The Morgan fingerprint density at radius 2 is 2.05 bits per heavy atom. The first-order valence-electron chi connectivity index (χ1n) is 8.36. The molecule has 0 aromatic rings. The second-order valence-corrected chi connectivity index (χ2v) is 6.69. The minimum absolute atomic E-state index is 0.696. The number of likely N-dealkylation sites (tertiary alicyclic amines) is 1. The van der Waals surface area contributed by atoms with Crippen molar-refractivity contribution < 1.29 is 0 Å². The predicted octanol–water partition coefficient (Wildman–Crippen LogP) is 2.18. The Labute approximate surface area is 119 Å². The van der Waals surface area contributed by atoms with Crippen molar-refractivity contribution in [3.63, 3.8) is 0 Å². The fraction of sp³-hybridized carbons (Fsp3) is 1.00. The molecule has 2 rings (SSSR count). The zero-order chi connectivity index (χ0) is 13.7. The SMILES string of the molecule is CCC(C)C1CN(CC2CCCCN2C)CCCN1. The molecule has 0 aromatic carbocycles. The molecule has 3 heteroatoms. The molecule has 0 aromatic heterocycles. The maximum atomic E-state index is 3.76. The monoisotopic (exact) mass is 267 g/mol. The minimum Gasteiger partial charge on any atom is -0.312 e. The highest BCUT2D eigenvalue weighted by molar-refractivity contribution is 4.84. The summed E-state index contributed by atoms with van der Waals surface area (Å²) in [5.74, 6) is 0.796. The summed E-state index contributed by atoms with van der Waals surface area (Å²) < 4.78 is 0. The van der Waals surface area contributed by atoms with Crippen LogP contribution in [0.25, 0.3) is 0 Å². The summed E-state index contributed by atoms with van der Waals surface area (Å²) in [6, 6.07) is 1.49. The molecule has 0 spiro atoms. The quantitative estimate of drug-likeness (QED) is 0.842. The van der Waals surface area contributed by atoms with Gasteiger partial charge in [-0.1, -0.05) is 26.7 Å². The Balaban J connectivity index is 1.87. The minimum atomic E-state index is 0.696. The molecule has 2 heterocycles. The molecule has 2 fully saturated rings. The van der Waals surface area contributed by atoms with Crippen LogP contribution in [0.3, 0.4) is 0 Å². The Morgan fingerprint density at radius 3 is 2.79 bits per heavy atom. The highest BCUT2D eigenvalue weighted by atomic mass is 15.2. The standard InChI is InChI=1S/C16H33N3/c1-4-14(2)16-13-19(11-7-9-17-16)12-15-8-5-6-10-18(15)3/h14-17H,4-13H2,1-3H3. The van der Waals surface area contributed by atoms with Crippen molar-refractivity contribution in [2.24, 2.45) is 5.92 Å². The van der Waals surface area contributed by atoms with E-state index in [1.807, 2.05) is 0 Å². The zero-order valence-corrected chi connectivity index (χ0v) is 13.2. The lowest BCUT2D eigenvalue weighted by atomic mass is 9.98. The number of hydrogen-bond acceptors (Lipinski definition) is 3. The molecule has 0 amide bonds. The summed E-state index contributed by atoms with van der Waals surface area (Å²) in [6.07, 6.45) is 6.81. The highest BCUT2D eigenvalue weighted by Gasteiger charge is 2.26. The molecule has 3 atom stereocenters. The zero-order valence-electron chi connectivity index (χ0n) is 13.2. The molecule has 1 N–H and O–H groups in total. The van der Waals surface area contributed by atoms with Crippen LogP contribution in [0.15, 0.2) is 0 Å². The number of nitrogens with one attached hydrogen (secondary N) is 1. The van der Waals surface area contributed by atoms with E-state index in [-0.39, 0.29) is 0 Å². The lowest BCUT2D eigenvalue weighted by Gasteiger charge is -2.37. The maximum Gasteiger partial charge on any atom is 0.0220 e. The summed E-state index contributed by atoms with van der Waals surface area (Å²) in [5, 5.41) is 3.76. The smallest absolute Gasteiger partial charge is 0.0220 e. The van der Waals surface area contributed by atoms with Crippen LogP contribution in [-0.2, 0) is 0 Å². The van der Waals surface area contributed by atoms with Crippen LogP contribution < -0.4 is 5.32 Å². The highest BCUT2D eigenvalue weighted by Crippen LogP contribution is 2.18. The van der Waals surface area contributed by atoms with Gasteiger partial charge in [-0.3, -0.25) is 0 Å². The summed E-state index contributed by atoms with van der Waals surface area (Å²) >= 11 is 0. The van der Waals surface area contributed by atoms with Gasteiger partial charge < -0.3 is 15.1 Å². The van der Waals surface area contributed by atoms with Crippen molar-refractivity contribution in [3.8, 4) is 0 Å². The molecule has 0 bridgehead atoms. The molecule has 2 saturated heterocycles. The van der Waals surface area contributed by atoms with Crippen molar-refractivity contribution in [1.29, 1.82) is 0 Å². The van der Waals surface area contributed by atoms with Gasteiger partial charge in [-0.15, -0.1) is 0 Å². The first-order valence-corrected chi connectivity index (χ1v) is 8.36. The van der Waals surface area contributed by atoms with Gasteiger partial charge in [0.05, 0.1) is 0 Å². The molecule has 2 aliphatic rings. The van der Waals surface area contributed by atoms with E-state index in [4.69, 9.17) is 0 Å². The van der Waals surface area contributed by atoms with Crippen LogP contribution in [0, 0.1) is 5.92 Å². The van der Waals surface area contributed by atoms with E-state index in [0.29, 0.717) is 6.04 Å². The summed E-state index contributed by atoms with van der Waals surface area (Å²) in [7, 11) is 2.31. The molecule has 112 valence electrons. The first-order chi connectivity index (χ1) is 9.20. The van der Waals surface area contributed by atoms with E-state index in [1.54, 1.807) is 0 Å². The summed E-state index contributed by atoms with van der Waals surface area (Å²) in [4.78, 5) is 5.31. The molecule has 3 unspecified atom stereocenters. The van der Waals surface area contributed by atoms with E-state index in [2.05, 4.69) is 36.0 Å². The number of likely N-dealkylation sites (N-methyl/N-ethyl adjacent to an activating group) is 1. The van der Waals surface area contributed by atoms with Gasteiger partial charge in [-0.2, -0.15) is 0 Å². The molecule has 3 nitrogen and oxygen atoms in total. The number of piperidine rings is 1. The fourth-order valence-electron chi connectivity index (χ4n) is 3.53. The van der Waals surface area contributed by atoms with Crippen molar-refractivity contribution in [3.05, 3.63) is 0 Å². The second kappa shape index (κ2) is 7.61. The maximum absolute atomic E-state index is 3.76. The van der Waals surface area contributed by atoms with Crippen molar-refractivity contribution >= 4 is 0 Å². The predicted molar refractivity (Wildman–Crippen MR) is 82.6 cm³/mol. The molecule has 2 aliphatic heterocycles. The average molecular weight is 267 g/mol. The van der Waals surface area contributed by atoms with Crippen LogP contribution in [0.1, 0.15) is 46.0 Å². The molecule has 0 aliphatic carbocycles. The lowest BCUT2D eigenvalue weighted by molar-refractivity contribution is 0.123. The van der Waals surface area contributed by atoms with Crippen molar-refractivity contribution in [2.45, 2.75) is 58.0 Å². The third-order valence-corrected chi connectivity index (χ3v) is 5.23. The normalized spacial score (nSPS) is 33.0. The lowest BCUT2D eigenvalue weighted by Crippen LogP contribution is -2.48.